The summed E-state index contributed by atoms with van der Waals surface area (Å²) in [7, 11) is 1.50. The van der Waals surface area contributed by atoms with Gasteiger partial charge in [0, 0.05) is 9.90 Å². The number of rotatable bonds is 3. The fourth-order valence-corrected chi connectivity index (χ4v) is 4.21. The third-order valence-electron chi connectivity index (χ3n) is 3.92. The number of aryl methyl sites for hydroxylation is 1. The molecule has 0 radical (unpaired) electrons. The van der Waals surface area contributed by atoms with Crippen LogP contribution in [0.1, 0.15) is 39.2 Å². The van der Waals surface area contributed by atoms with Crippen LogP contribution in [0.2, 0.25) is 5.02 Å². The molecule has 3 rings (SSSR count). The number of hydrogen-bond donors (Lipinski definition) is 1. The molecule has 1 aliphatic rings. The fraction of sp³-hybridized carbons (Fsp3) is 0.294. The molecule has 0 unspecified atom stereocenters. The molecule has 0 fully saturated rings. The van der Waals surface area contributed by atoms with E-state index in [1.54, 1.807) is 18.2 Å². The number of nitriles is 1. The van der Waals surface area contributed by atoms with Crippen LogP contribution in [-0.2, 0) is 12.8 Å². The quantitative estimate of drug-likeness (QED) is 0.895. The number of fused-ring (bicyclic) bond motifs is 1. The van der Waals surface area contributed by atoms with E-state index < -0.39 is 0 Å². The van der Waals surface area contributed by atoms with E-state index in [1.807, 2.05) is 0 Å². The van der Waals surface area contributed by atoms with E-state index in [0.29, 0.717) is 26.9 Å². The maximum absolute atomic E-state index is 12.6. The number of carbonyl (C=O) groups excluding carboxylic acids is 1. The number of hydrogen-bond acceptors (Lipinski definition) is 4. The first-order valence-electron chi connectivity index (χ1n) is 7.33. The smallest absolute Gasteiger partial charge is 0.260 e. The minimum Gasteiger partial charge on any atom is -0.496 e. The van der Waals surface area contributed by atoms with Crippen LogP contribution in [0.3, 0.4) is 0 Å². The normalized spacial score (nSPS) is 13.1. The zero-order valence-corrected chi connectivity index (χ0v) is 14.2. The molecular weight excluding hydrogens is 332 g/mol. The van der Waals surface area contributed by atoms with Gasteiger partial charge in [-0.05, 0) is 49.4 Å². The average molecular weight is 347 g/mol. The second-order valence-electron chi connectivity index (χ2n) is 5.33. The topological polar surface area (TPSA) is 62.1 Å². The first kappa shape index (κ1) is 15.9. The van der Waals surface area contributed by atoms with Crippen molar-refractivity contribution < 1.29 is 9.53 Å². The van der Waals surface area contributed by atoms with Crippen LogP contribution in [0.5, 0.6) is 5.75 Å². The van der Waals surface area contributed by atoms with Gasteiger partial charge in [0.05, 0.1) is 18.2 Å². The average Bonchev–Trinajstić information content (AvgIpc) is 2.91. The molecule has 6 heteroatoms. The van der Waals surface area contributed by atoms with E-state index in [-0.39, 0.29) is 5.91 Å². The number of methoxy groups -OCH3 is 1. The Kier molecular flexibility index (Phi) is 4.56. The second-order valence-corrected chi connectivity index (χ2v) is 6.87. The summed E-state index contributed by atoms with van der Waals surface area (Å²) in [5.41, 5.74) is 2.05. The Bertz CT molecular complexity index is 808. The van der Waals surface area contributed by atoms with E-state index in [1.165, 1.54) is 23.3 Å². The molecule has 1 aromatic carbocycles. The standard InChI is InChI=1S/C17H15ClN2O2S/c1-22-14-7-6-10(18)8-12(14)16(21)20-17-13(9-19)11-4-2-3-5-15(11)23-17/h6-8H,2-5H2,1H3,(H,20,21). The van der Waals surface area contributed by atoms with E-state index in [9.17, 15) is 10.1 Å². The van der Waals surface area contributed by atoms with Crippen molar-refractivity contribution >= 4 is 33.8 Å². The Morgan fingerprint density at radius 2 is 2.17 bits per heavy atom. The van der Waals surface area contributed by atoms with Crippen LogP contribution in [0, 0.1) is 11.3 Å². The van der Waals surface area contributed by atoms with Crippen molar-refractivity contribution in [2.75, 3.05) is 12.4 Å². The van der Waals surface area contributed by atoms with Crippen molar-refractivity contribution in [2.24, 2.45) is 0 Å². The Hall–Kier alpha value is -2.03. The zero-order chi connectivity index (χ0) is 16.4. The lowest BCUT2D eigenvalue weighted by Crippen LogP contribution is -2.13. The van der Waals surface area contributed by atoms with Crippen LogP contribution in [0.4, 0.5) is 5.00 Å². The zero-order valence-electron chi connectivity index (χ0n) is 12.6. The second kappa shape index (κ2) is 6.61. The lowest BCUT2D eigenvalue weighted by atomic mass is 9.96. The third-order valence-corrected chi connectivity index (χ3v) is 5.36. The van der Waals surface area contributed by atoms with Crippen LogP contribution in [0.15, 0.2) is 18.2 Å². The van der Waals surface area contributed by atoms with Crippen molar-refractivity contribution in [1.29, 1.82) is 5.26 Å². The monoisotopic (exact) mass is 346 g/mol. The number of amides is 1. The SMILES string of the molecule is COc1ccc(Cl)cc1C(=O)Nc1sc2c(c1C#N)CCCC2. The number of thiophene rings is 1. The molecule has 4 nitrogen and oxygen atoms in total. The van der Waals surface area contributed by atoms with E-state index in [4.69, 9.17) is 16.3 Å². The van der Waals surface area contributed by atoms with Gasteiger partial charge in [-0.2, -0.15) is 5.26 Å². The molecule has 0 saturated heterocycles. The van der Waals surface area contributed by atoms with Crippen molar-refractivity contribution in [3.8, 4) is 11.8 Å². The summed E-state index contributed by atoms with van der Waals surface area (Å²) in [4.78, 5) is 13.8. The minimum absolute atomic E-state index is 0.320. The summed E-state index contributed by atoms with van der Waals surface area (Å²) >= 11 is 7.48. The maximum atomic E-state index is 12.6. The number of benzene rings is 1. The fourth-order valence-electron chi connectivity index (χ4n) is 2.80. The molecule has 1 amide bonds. The summed E-state index contributed by atoms with van der Waals surface area (Å²) in [5, 5.41) is 13.4. The largest absolute Gasteiger partial charge is 0.496 e. The van der Waals surface area contributed by atoms with E-state index >= 15 is 0 Å². The van der Waals surface area contributed by atoms with Gasteiger partial charge in [0.25, 0.3) is 5.91 Å². The first-order chi connectivity index (χ1) is 11.1. The molecule has 2 aromatic rings. The van der Waals surface area contributed by atoms with Gasteiger partial charge in [-0.1, -0.05) is 11.6 Å². The third kappa shape index (κ3) is 3.05. The Balaban J connectivity index is 1.94. The van der Waals surface area contributed by atoms with Crippen molar-refractivity contribution in [1.82, 2.24) is 0 Å². The minimum atomic E-state index is -0.320. The molecule has 0 atom stereocenters. The molecule has 0 bridgehead atoms. The van der Waals surface area contributed by atoms with Crippen LogP contribution < -0.4 is 10.1 Å². The Morgan fingerprint density at radius 1 is 1.39 bits per heavy atom. The molecular formula is C17H15ClN2O2S. The summed E-state index contributed by atoms with van der Waals surface area (Å²) in [6.07, 6.45) is 4.11. The Morgan fingerprint density at radius 3 is 2.91 bits per heavy atom. The molecule has 118 valence electrons. The highest BCUT2D eigenvalue weighted by Gasteiger charge is 2.23. The van der Waals surface area contributed by atoms with E-state index in [2.05, 4.69) is 11.4 Å². The lowest BCUT2D eigenvalue weighted by molar-refractivity contribution is 0.102. The van der Waals surface area contributed by atoms with Gasteiger partial charge >= 0.3 is 0 Å². The molecule has 23 heavy (non-hydrogen) atoms. The van der Waals surface area contributed by atoms with E-state index in [0.717, 1.165) is 31.2 Å². The lowest BCUT2D eigenvalue weighted by Gasteiger charge is -2.10. The van der Waals surface area contributed by atoms with Crippen LogP contribution in [-0.4, -0.2) is 13.0 Å². The highest BCUT2D eigenvalue weighted by Crippen LogP contribution is 2.38. The molecule has 0 saturated carbocycles. The van der Waals surface area contributed by atoms with Crippen LogP contribution >= 0.6 is 22.9 Å². The molecule has 0 spiro atoms. The summed E-state index contributed by atoms with van der Waals surface area (Å²) in [6, 6.07) is 7.13. The predicted octanol–water partition coefficient (Wildman–Crippen LogP) is 4.41. The highest BCUT2D eigenvalue weighted by molar-refractivity contribution is 7.16. The van der Waals surface area contributed by atoms with Crippen molar-refractivity contribution in [3.05, 3.63) is 44.8 Å². The number of anilines is 1. The molecule has 1 N–H and O–H groups in total. The van der Waals surface area contributed by atoms with Gasteiger partial charge < -0.3 is 10.1 Å². The Labute approximate surface area is 143 Å². The van der Waals surface area contributed by atoms with Gasteiger partial charge in [-0.15, -0.1) is 11.3 Å². The van der Waals surface area contributed by atoms with Crippen LogP contribution in [0.25, 0.3) is 0 Å². The molecule has 1 aliphatic carbocycles. The first-order valence-corrected chi connectivity index (χ1v) is 8.53. The van der Waals surface area contributed by atoms with Gasteiger partial charge in [-0.3, -0.25) is 4.79 Å². The van der Waals surface area contributed by atoms with Gasteiger partial charge in [0.15, 0.2) is 0 Å². The molecule has 1 aromatic heterocycles. The number of halogens is 1. The van der Waals surface area contributed by atoms with Gasteiger partial charge in [0.2, 0.25) is 0 Å². The predicted molar refractivity (Wildman–Crippen MR) is 91.6 cm³/mol. The number of ether oxygens (including phenoxy) is 1. The summed E-state index contributed by atoms with van der Waals surface area (Å²) in [6.45, 7) is 0. The highest BCUT2D eigenvalue weighted by atomic mass is 35.5. The summed E-state index contributed by atoms with van der Waals surface area (Å²) < 4.78 is 5.22. The molecule has 1 heterocycles. The maximum Gasteiger partial charge on any atom is 0.260 e. The number of carbonyl (C=O) groups is 1. The molecule has 0 aliphatic heterocycles. The van der Waals surface area contributed by atoms with Gasteiger partial charge in [-0.25, -0.2) is 0 Å². The summed E-state index contributed by atoms with van der Waals surface area (Å²) in [5.74, 6) is 0.131. The van der Waals surface area contributed by atoms with Crippen molar-refractivity contribution in [2.45, 2.75) is 25.7 Å². The number of nitrogens with zero attached hydrogens (tertiary/aromatic N) is 1. The van der Waals surface area contributed by atoms with Gasteiger partial charge in [0.1, 0.15) is 16.8 Å². The number of nitrogens with one attached hydrogen (secondary N) is 1. The van der Waals surface area contributed by atoms with Crippen molar-refractivity contribution in [3.63, 3.8) is 0 Å².